The Morgan fingerprint density at radius 3 is 2.14 bits per heavy atom. The molecule has 1 atom stereocenters. The summed E-state index contributed by atoms with van der Waals surface area (Å²) in [6.07, 6.45) is 0. The third kappa shape index (κ3) is 6.23. The van der Waals surface area contributed by atoms with Gasteiger partial charge in [-0.15, -0.1) is 10.1 Å². The standard InChI is InChI=1S/C24H23N3O9/c1-15-20(23(28)34-11-12-36-27(32)33)22(18-9-6-10-19(13-18)26(30)31)21(16(2)25-15)24(29)35-14-17-7-4-3-5-8-17/h3-10,13,22,25H,11-12,14H2,1-2H3. The minimum atomic E-state index is -1.06. The Hall–Kier alpha value is -4.74. The van der Waals surface area contributed by atoms with Crippen LogP contribution in [0.5, 0.6) is 0 Å². The Kier molecular flexibility index (Phi) is 8.34. The van der Waals surface area contributed by atoms with E-state index in [-0.39, 0.29) is 23.4 Å². The molecule has 0 aliphatic carbocycles. The second-order valence-electron chi connectivity index (χ2n) is 7.74. The lowest BCUT2D eigenvalue weighted by molar-refractivity contribution is -0.757. The quantitative estimate of drug-likeness (QED) is 0.223. The van der Waals surface area contributed by atoms with Crippen LogP contribution >= 0.6 is 0 Å². The van der Waals surface area contributed by atoms with E-state index in [0.717, 1.165) is 5.56 Å². The van der Waals surface area contributed by atoms with Gasteiger partial charge in [0, 0.05) is 23.5 Å². The number of rotatable bonds is 10. The molecule has 1 aliphatic rings. The number of nitro benzene ring substituents is 1. The number of esters is 2. The van der Waals surface area contributed by atoms with E-state index in [1.807, 2.05) is 6.07 Å². The fourth-order valence-electron chi connectivity index (χ4n) is 3.81. The van der Waals surface area contributed by atoms with Crippen LogP contribution in [0.3, 0.4) is 0 Å². The Bertz CT molecular complexity index is 1240. The summed E-state index contributed by atoms with van der Waals surface area (Å²) in [4.78, 5) is 51.7. The molecule has 1 unspecified atom stereocenters. The molecule has 3 rings (SSSR count). The highest BCUT2D eigenvalue weighted by Crippen LogP contribution is 2.40. The maximum absolute atomic E-state index is 13.3. The summed E-state index contributed by atoms with van der Waals surface area (Å²) in [7, 11) is 0. The van der Waals surface area contributed by atoms with Gasteiger partial charge in [-0.1, -0.05) is 42.5 Å². The molecule has 0 radical (unpaired) electrons. The van der Waals surface area contributed by atoms with Crippen molar-refractivity contribution in [3.63, 3.8) is 0 Å². The summed E-state index contributed by atoms with van der Waals surface area (Å²) in [5.41, 5.74) is 1.64. The Morgan fingerprint density at radius 2 is 1.53 bits per heavy atom. The number of benzene rings is 2. The van der Waals surface area contributed by atoms with Crippen molar-refractivity contribution in [3.8, 4) is 0 Å². The Labute approximate surface area is 205 Å². The second-order valence-corrected chi connectivity index (χ2v) is 7.74. The number of nitro groups is 1. The minimum Gasteiger partial charge on any atom is -0.460 e. The minimum absolute atomic E-state index is 0.00821. The van der Waals surface area contributed by atoms with Crippen LogP contribution in [0, 0.1) is 20.2 Å². The van der Waals surface area contributed by atoms with E-state index in [1.54, 1.807) is 44.2 Å². The molecular weight excluding hydrogens is 474 g/mol. The number of hydrogen-bond donors (Lipinski definition) is 1. The largest absolute Gasteiger partial charge is 0.460 e. The molecule has 0 spiro atoms. The predicted molar refractivity (Wildman–Crippen MR) is 125 cm³/mol. The number of carbonyl (C=O) groups excluding carboxylic acids is 2. The molecule has 0 saturated heterocycles. The summed E-state index contributed by atoms with van der Waals surface area (Å²) < 4.78 is 10.7. The number of non-ortho nitro benzene ring substituents is 1. The Morgan fingerprint density at radius 1 is 0.889 bits per heavy atom. The van der Waals surface area contributed by atoms with Gasteiger partial charge in [0.1, 0.15) is 19.8 Å². The van der Waals surface area contributed by atoms with Crippen LogP contribution in [0.1, 0.15) is 30.9 Å². The predicted octanol–water partition coefficient (Wildman–Crippen LogP) is 3.32. The SMILES string of the molecule is CC1=C(C(=O)OCCO[N+](=O)[O-])C(c2cccc([N+](=O)[O-])c2)C(C(=O)OCc2ccccc2)=C(C)N1. The number of carbonyl (C=O) groups is 2. The molecule has 0 aromatic heterocycles. The monoisotopic (exact) mass is 497 g/mol. The van der Waals surface area contributed by atoms with Crippen molar-refractivity contribution >= 4 is 17.6 Å². The van der Waals surface area contributed by atoms with Crippen molar-refractivity contribution in [2.24, 2.45) is 0 Å². The van der Waals surface area contributed by atoms with E-state index in [2.05, 4.69) is 10.2 Å². The highest BCUT2D eigenvalue weighted by Gasteiger charge is 2.38. The van der Waals surface area contributed by atoms with Crippen molar-refractivity contribution in [1.29, 1.82) is 0 Å². The molecule has 1 heterocycles. The van der Waals surface area contributed by atoms with Crippen molar-refractivity contribution in [2.75, 3.05) is 13.2 Å². The van der Waals surface area contributed by atoms with Gasteiger partial charge in [0.05, 0.1) is 22.0 Å². The van der Waals surface area contributed by atoms with Gasteiger partial charge >= 0.3 is 11.9 Å². The highest BCUT2D eigenvalue weighted by atomic mass is 17.0. The van der Waals surface area contributed by atoms with Crippen molar-refractivity contribution in [2.45, 2.75) is 26.4 Å². The van der Waals surface area contributed by atoms with Gasteiger partial charge in [0.2, 0.25) is 0 Å². The fourth-order valence-corrected chi connectivity index (χ4v) is 3.81. The molecule has 36 heavy (non-hydrogen) atoms. The van der Waals surface area contributed by atoms with Crippen LogP contribution in [-0.2, 0) is 30.5 Å². The average Bonchev–Trinajstić information content (AvgIpc) is 2.85. The molecule has 0 amide bonds. The lowest BCUT2D eigenvalue weighted by Crippen LogP contribution is -2.33. The molecule has 12 heteroatoms. The van der Waals surface area contributed by atoms with Crippen LogP contribution in [-0.4, -0.2) is 35.2 Å². The third-order valence-electron chi connectivity index (χ3n) is 5.34. The van der Waals surface area contributed by atoms with Crippen molar-refractivity contribution < 1.29 is 33.9 Å². The van der Waals surface area contributed by atoms with Gasteiger partial charge in [-0.2, -0.15) is 0 Å². The van der Waals surface area contributed by atoms with Crippen molar-refractivity contribution in [3.05, 3.63) is 108 Å². The number of nitrogens with zero attached hydrogens (tertiary/aromatic N) is 2. The van der Waals surface area contributed by atoms with Crippen LogP contribution in [0.15, 0.2) is 77.1 Å². The normalized spacial score (nSPS) is 15.1. The number of allylic oxidation sites excluding steroid dienone is 2. The topological polar surface area (TPSA) is 160 Å². The van der Waals surface area contributed by atoms with E-state index in [0.29, 0.717) is 17.0 Å². The maximum Gasteiger partial charge on any atom is 0.337 e. The van der Waals surface area contributed by atoms with Gasteiger partial charge < -0.3 is 19.6 Å². The summed E-state index contributed by atoms with van der Waals surface area (Å²) in [5, 5.41) is 23.7. The van der Waals surface area contributed by atoms with Gasteiger partial charge in [0.25, 0.3) is 10.8 Å². The molecule has 188 valence electrons. The molecule has 2 aromatic rings. The van der Waals surface area contributed by atoms with Gasteiger partial charge in [-0.3, -0.25) is 10.1 Å². The lowest BCUT2D eigenvalue weighted by Gasteiger charge is -2.30. The zero-order valence-corrected chi connectivity index (χ0v) is 19.5. The lowest BCUT2D eigenvalue weighted by atomic mass is 9.80. The number of nitrogens with one attached hydrogen (secondary N) is 1. The second kappa shape index (κ2) is 11.6. The van der Waals surface area contributed by atoms with Crippen LogP contribution in [0.2, 0.25) is 0 Å². The van der Waals surface area contributed by atoms with E-state index in [9.17, 15) is 29.8 Å². The van der Waals surface area contributed by atoms with Crippen LogP contribution < -0.4 is 5.32 Å². The molecule has 0 bridgehead atoms. The number of hydrogen-bond acceptors (Lipinski definition) is 10. The molecular formula is C24H23N3O9. The first-order chi connectivity index (χ1) is 17.2. The molecule has 0 saturated carbocycles. The van der Waals surface area contributed by atoms with E-state index in [1.165, 1.54) is 18.2 Å². The summed E-state index contributed by atoms with van der Waals surface area (Å²) >= 11 is 0. The zero-order chi connectivity index (χ0) is 26.2. The van der Waals surface area contributed by atoms with Crippen molar-refractivity contribution in [1.82, 2.24) is 5.32 Å². The van der Waals surface area contributed by atoms with Crippen LogP contribution in [0.4, 0.5) is 5.69 Å². The first-order valence-corrected chi connectivity index (χ1v) is 10.8. The third-order valence-corrected chi connectivity index (χ3v) is 5.34. The smallest absolute Gasteiger partial charge is 0.337 e. The Balaban J connectivity index is 1.97. The number of ether oxygens (including phenoxy) is 2. The van der Waals surface area contributed by atoms with Gasteiger partial charge in [0.15, 0.2) is 0 Å². The first-order valence-electron chi connectivity index (χ1n) is 10.8. The molecule has 2 aromatic carbocycles. The summed E-state index contributed by atoms with van der Waals surface area (Å²) in [6, 6.07) is 14.5. The number of dihydropyridines is 1. The summed E-state index contributed by atoms with van der Waals surface area (Å²) in [6.45, 7) is 2.28. The molecule has 1 N–H and O–H groups in total. The average molecular weight is 497 g/mol. The molecule has 0 fully saturated rings. The molecule has 1 aliphatic heterocycles. The molecule has 12 nitrogen and oxygen atoms in total. The maximum atomic E-state index is 13.3. The zero-order valence-electron chi connectivity index (χ0n) is 19.5. The van der Waals surface area contributed by atoms with Gasteiger partial charge in [-0.05, 0) is 25.0 Å². The first kappa shape index (κ1) is 25.9. The van der Waals surface area contributed by atoms with Gasteiger partial charge in [-0.25, -0.2) is 9.59 Å². The van der Waals surface area contributed by atoms with Crippen LogP contribution in [0.25, 0.3) is 0 Å². The highest BCUT2D eigenvalue weighted by molar-refractivity contribution is 6.00. The van der Waals surface area contributed by atoms with E-state index >= 15 is 0 Å². The van der Waals surface area contributed by atoms with E-state index < -0.39 is 41.1 Å². The van der Waals surface area contributed by atoms with E-state index in [4.69, 9.17) is 9.47 Å². The fraction of sp³-hybridized carbons (Fsp3) is 0.250. The summed E-state index contributed by atoms with van der Waals surface area (Å²) in [5.74, 6) is -2.66.